The highest BCUT2D eigenvalue weighted by molar-refractivity contribution is 8.00. The van der Waals surface area contributed by atoms with Crippen LogP contribution in [0.5, 0.6) is 0 Å². The van der Waals surface area contributed by atoms with Crippen molar-refractivity contribution in [1.29, 1.82) is 0 Å². The number of ether oxygens (including phenoxy) is 5. The van der Waals surface area contributed by atoms with Crippen LogP contribution in [0.3, 0.4) is 0 Å². The van der Waals surface area contributed by atoms with Gasteiger partial charge < -0.3 is 58.6 Å². The van der Waals surface area contributed by atoms with Crippen LogP contribution in [0, 0.1) is 0 Å². The molecule has 3 aromatic rings. The van der Waals surface area contributed by atoms with Gasteiger partial charge in [0.15, 0.2) is 0 Å². The minimum atomic E-state index is -1.81. The number of nitrogens with two attached hydrogens (primary N) is 2. The Bertz CT molecular complexity index is 2120. The van der Waals surface area contributed by atoms with Crippen molar-refractivity contribution in [3.8, 4) is 22.5 Å². The Morgan fingerprint density at radius 3 is 2.20 bits per heavy atom. The molecule has 2 aliphatic heterocycles. The summed E-state index contributed by atoms with van der Waals surface area (Å²) >= 11 is 1.47. The van der Waals surface area contributed by atoms with Gasteiger partial charge in [-0.3, -0.25) is 24.1 Å². The highest BCUT2D eigenvalue weighted by atomic mass is 32.2. The van der Waals surface area contributed by atoms with Gasteiger partial charge in [0.05, 0.1) is 109 Å². The molecular formula is C47H70N9O12PS. The molecule has 21 nitrogen and oxygen atoms in total. The van der Waals surface area contributed by atoms with Crippen molar-refractivity contribution in [3.05, 3.63) is 66.0 Å². The zero-order valence-electron chi connectivity index (χ0n) is 40.4. The molecule has 1 aromatic heterocycles. The number of likely N-dealkylation sites (tertiary alicyclic amines) is 1. The number of unbranched alkanes of at least 4 members (excludes halogenated alkanes) is 3. The number of fused-ring (bicyclic) bond motifs is 5. The minimum absolute atomic E-state index is 0.0148. The normalized spacial score (nSPS) is 15.1. The second kappa shape index (κ2) is 31.7. The molecule has 0 aliphatic carbocycles. The Hall–Kier alpha value is -4.58. The zero-order valence-corrected chi connectivity index (χ0v) is 42.1. The number of hydrazine groups is 1. The van der Waals surface area contributed by atoms with E-state index in [1.54, 1.807) is 22.7 Å². The van der Waals surface area contributed by atoms with Crippen LogP contribution in [0.15, 0.2) is 60.4 Å². The summed E-state index contributed by atoms with van der Waals surface area (Å²) in [6.07, 6.45) is 5.26. The van der Waals surface area contributed by atoms with Crippen LogP contribution in [0.1, 0.15) is 57.4 Å². The van der Waals surface area contributed by atoms with Crippen LogP contribution in [0.2, 0.25) is 0 Å². The number of nitrogens with zero attached hydrogens (tertiary/aromatic N) is 6. The van der Waals surface area contributed by atoms with Crippen molar-refractivity contribution in [3.63, 3.8) is 0 Å². The van der Waals surface area contributed by atoms with Crippen molar-refractivity contribution >= 4 is 49.7 Å². The molecule has 0 bridgehead atoms. The Morgan fingerprint density at radius 2 is 1.50 bits per heavy atom. The van der Waals surface area contributed by atoms with Crippen molar-refractivity contribution < 1.29 is 56.8 Å². The van der Waals surface area contributed by atoms with E-state index in [1.165, 1.54) is 28.8 Å². The predicted molar refractivity (Wildman–Crippen MR) is 265 cm³/mol. The molecule has 0 radical (unpaired) electrons. The first-order chi connectivity index (χ1) is 34.1. The van der Waals surface area contributed by atoms with Crippen LogP contribution >= 0.6 is 20.4 Å². The highest BCUT2D eigenvalue weighted by Crippen LogP contribution is 2.41. The van der Waals surface area contributed by atoms with E-state index in [-0.39, 0.29) is 62.5 Å². The summed E-state index contributed by atoms with van der Waals surface area (Å²) in [5, 5.41) is 13.0. The molecule has 23 heteroatoms. The molecule has 70 heavy (non-hydrogen) atoms. The summed E-state index contributed by atoms with van der Waals surface area (Å²) in [4.78, 5) is 65.0. The molecule has 2 unspecified atom stereocenters. The number of imide groups is 1. The first-order valence-corrected chi connectivity index (χ1v) is 25.9. The number of anilines is 1. The summed E-state index contributed by atoms with van der Waals surface area (Å²) in [5.41, 5.74) is 10.9. The number of carbonyl (C=O) groups is 4. The van der Waals surface area contributed by atoms with E-state index < -0.39 is 13.9 Å². The molecule has 4 amide bonds. The largest absolute Gasteiger partial charge is 0.401 e. The van der Waals surface area contributed by atoms with Crippen LogP contribution in [-0.2, 0) is 65.0 Å². The van der Waals surface area contributed by atoms with Crippen LogP contribution in [-0.4, -0.2) is 164 Å². The molecule has 1 saturated heterocycles. The number of benzene rings is 2. The zero-order chi connectivity index (χ0) is 49.9. The van der Waals surface area contributed by atoms with Crippen LogP contribution < -0.4 is 21.8 Å². The van der Waals surface area contributed by atoms with E-state index in [0.717, 1.165) is 53.8 Å². The van der Waals surface area contributed by atoms with E-state index in [4.69, 9.17) is 44.3 Å². The van der Waals surface area contributed by atoms with Crippen LogP contribution in [0.4, 0.5) is 5.69 Å². The summed E-state index contributed by atoms with van der Waals surface area (Å²) in [5.74, 6) is 5.40. The molecule has 0 spiro atoms. The number of thioether (sulfide) groups is 1. The van der Waals surface area contributed by atoms with Crippen molar-refractivity contribution in [1.82, 2.24) is 30.2 Å². The number of hydrogen-bond donors (Lipinski definition) is 4. The Kier molecular flexibility index (Phi) is 25.5. The monoisotopic (exact) mass is 1020 g/mol. The fourth-order valence-electron chi connectivity index (χ4n) is 7.56. The molecule has 2 aliphatic rings. The van der Waals surface area contributed by atoms with E-state index >= 15 is 0 Å². The minimum Gasteiger partial charge on any atom is -0.401 e. The topological polar surface area (TPSA) is 258 Å². The summed E-state index contributed by atoms with van der Waals surface area (Å²) < 4.78 is 39.8. The van der Waals surface area contributed by atoms with Crippen molar-refractivity contribution in [2.45, 2.75) is 70.2 Å². The van der Waals surface area contributed by atoms with Gasteiger partial charge in [0.2, 0.25) is 23.6 Å². The third kappa shape index (κ3) is 18.9. The molecule has 386 valence electrons. The molecule has 1 fully saturated rings. The van der Waals surface area contributed by atoms with Crippen molar-refractivity contribution in [2.24, 2.45) is 11.6 Å². The Labute approximate surface area is 415 Å². The van der Waals surface area contributed by atoms with Gasteiger partial charge in [-0.1, -0.05) is 60.5 Å². The standard InChI is InChI=1S/C47H70N9O12PS/c1-36(48)34-53(49)19-22-63-24-26-65-28-30-67-31-29-66-27-25-64-23-20-56-46-39-13-7-8-14-40(39)55(35-37-11-5-6-12-38(37)45(46)51-52-56)43(58)15-17-50-42(57)16-18-54-44(59)33-41(47(54)60)70-32-10-4-3-9-21-68-69(61)62-2/h5-8,11-14,34,41,61H,3-4,9-10,15-33,35,48-49H2,1-2H3,(H,50,57)/b36-34-. The second-order valence-electron chi connectivity index (χ2n) is 16.3. The molecule has 3 heterocycles. The number of carbonyl (C=O) groups excluding carboxylic acids is 4. The van der Waals surface area contributed by atoms with Gasteiger partial charge in [-0.2, -0.15) is 0 Å². The fourth-order valence-corrected chi connectivity index (χ4v) is 9.14. The lowest BCUT2D eigenvalue weighted by atomic mass is 9.95. The lowest BCUT2D eigenvalue weighted by Gasteiger charge is -2.29. The number of allylic oxidation sites excluding steroid dienone is 1. The maximum Gasteiger partial charge on any atom is 0.329 e. The molecule has 5 rings (SSSR count). The SMILES string of the molecule is COP(O)OCCCCCCSC1CC(=O)N(CCC(=O)NCCC(=O)N2Cc3ccccc3-c3nnn(CCOCCOCCOCCOCCOCCN(N)/C=C(/C)N)c3-c3ccccc32)C1=O. The second-order valence-corrected chi connectivity index (χ2v) is 18.7. The van der Waals surface area contributed by atoms with E-state index in [2.05, 4.69) is 15.6 Å². The van der Waals surface area contributed by atoms with E-state index in [9.17, 15) is 24.1 Å². The average Bonchev–Trinajstić information content (AvgIpc) is 3.88. The Balaban J connectivity index is 1.01. The molecule has 2 aromatic carbocycles. The number of hydrogen-bond acceptors (Lipinski definition) is 18. The van der Waals surface area contributed by atoms with Gasteiger partial charge in [-0.15, -0.1) is 16.9 Å². The number of aromatic nitrogens is 3. The van der Waals surface area contributed by atoms with Gasteiger partial charge in [-0.25, -0.2) is 10.5 Å². The molecule has 0 saturated carbocycles. The maximum atomic E-state index is 14.1. The molecule has 6 N–H and O–H groups in total. The summed E-state index contributed by atoms with van der Waals surface area (Å²) in [7, 11) is -0.415. The third-order valence-electron chi connectivity index (χ3n) is 11.0. The van der Waals surface area contributed by atoms with Crippen molar-refractivity contribution in [2.75, 3.05) is 110 Å². The van der Waals surface area contributed by atoms with Gasteiger partial charge in [0.1, 0.15) is 5.69 Å². The summed E-state index contributed by atoms with van der Waals surface area (Å²) in [6.45, 7) is 7.69. The smallest absolute Gasteiger partial charge is 0.329 e. The fraction of sp³-hybridized carbons (Fsp3) is 0.574. The van der Waals surface area contributed by atoms with Gasteiger partial charge in [-0.05, 0) is 37.1 Å². The van der Waals surface area contributed by atoms with Gasteiger partial charge >= 0.3 is 8.60 Å². The first kappa shape index (κ1) is 56.3. The number of amides is 4. The first-order valence-electron chi connectivity index (χ1n) is 23.7. The quantitative estimate of drug-likeness (QED) is 0.0215. The number of nitrogens with one attached hydrogen (secondary N) is 1. The number of rotatable bonds is 35. The molecular weight excluding hydrogens is 946 g/mol. The predicted octanol–water partition coefficient (Wildman–Crippen LogP) is 3.74. The molecule has 2 atom stereocenters. The number of para-hydroxylation sites is 1. The maximum absolute atomic E-state index is 14.1. The van der Waals surface area contributed by atoms with E-state index in [1.807, 2.05) is 48.5 Å². The third-order valence-corrected chi connectivity index (χ3v) is 13.0. The lowest BCUT2D eigenvalue weighted by Crippen LogP contribution is -2.37. The Morgan fingerprint density at radius 1 is 0.857 bits per heavy atom. The lowest BCUT2D eigenvalue weighted by molar-refractivity contribution is -0.138. The van der Waals surface area contributed by atoms with Crippen LogP contribution in [0.25, 0.3) is 22.5 Å². The summed E-state index contributed by atoms with van der Waals surface area (Å²) in [6, 6.07) is 15.4. The van der Waals surface area contributed by atoms with E-state index in [0.29, 0.717) is 103 Å². The van der Waals surface area contributed by atoms with Gasteiger partial charge in [0.25, 0.3) is 0 Å². The average molecular weight is 1020 g/mol. The van der Waals surface area contributed by atoms with Gasteiger partial charge in [0, 0.05) is 62.5 Å². The highest BCUT2D eigenvalue weighted by Gasteiger charge is 2.38.